The van der Waals surface area contributed by atoms with Crippen LogP contribution in [0.1, 0.15) is 67.7 Å². The predicted molar refractivity (Wildman–Crippen MR) is 71.0 cm³/mol. The van der Waals surface area contributed by atoms with E-state index in [0.717, 1.165) is 29.6 Å². The lowest BCUT2D eigenvalue weighted by atomic mass is 9.68. The van der Waals surface area contributed by atoms with Crippen molar-refractivity contribution in [3.8, 4) is 0 Å². The van der Waals surface area contributed by atoms with E-state index in [1.807, 2.05) is 13.8 Å². The second-order valence-corrected chi connectivity index (χ2v) is 5.70. The maximum Gasteiger partial charge on any atom is -0.0365 e. The summed E-state index contributed by atoms with van der Waals surface area (Å²) in [5.41, 5.74) is 0. The van der Waals surface area contributed by atoms with Crippen molar-refractivity contribution in [1.82, 2.24) is 0 Å². The van der Waals surface area contributed by atoms with Gasteiger partial charge >= 0.3 is 0 Å². The summed E-state index contributed by atoms with van der Waals surface area (Å²) in [6, 6.07) is 0. The van der Waals surface area contributed by atoms with Crippen molar-refractivity contribution in [3.05, 3.63) is 0 Å². The molecule has 3 atom stereocenters. The Labute approximate surface area is 97.8 Å². The van der Waals surface area contributed by atoms with Crippen molar-refractivity contribution >= 4 is 0 Å². The lowest BCUT2D eigenvalue weighted by Gasteiger charge is -2.38. The van der Waals surface area contributed by atoms with Gasteiger partial charge < -0.3 is 0 Å². The fraction of sp³-hybridized carbons (Fsp3) is 1.00. The molecule has 1 rings (SSSR count). The molecule has 0 nitrogen and oxygen atoms in total. The highest BCUT2D eigenvalue weighted by Gasteiger charge is 2.30. The normalized spacial score (nSPS) is 31.4. The van der Waals surface area contributed by atoms with Crippen LogP contribution in [0, 0.1) is 29.6 Å². The first-order valence-corrected chi connectivity index (χ1v) is 7.02. The smallest absolute Gasteiger partial charge is 0.0365 e. The van der Waals surface area contributed by atoms with Gasteiger partial charge in [-0.05, 0) is 48.9 Å². The van der Waals surface area contributed by atoms with Gasteiger partial charge in [-0.25, -0.2) is 0 Å². The molecule has 3 unspecified atom stereocenters. The Morgan fingerprint density at radius 2 is 1.40 bits per heavy atom. The summed E-state index contributed by atoms with van der Waals surface area (Å²) in [4.78, 5) is 0. The molecule has 0 N–H and O–H groups in total. The minimum Gasteiger partial charge on any atom is -0.0683 e. The van der Waals surface area contributed by atoms with Crippen molar-refractivity contribution in [2.24, 2.45) is 29.6 Å². The van der Waals surface area contributed by atoms with Crippen LogP contribution in [0.5, 0.6) is 0 Å². The Kier molecular flexibility index (Phi) is 7.30. The van der Waals surface area contributed by atoms with Crippen LogP contribution < -0.4 is 0 Å². The van der Waals surface area contributed by atoms with Gasteiger partial charge in [0.05, 0.1) is 0 Å². The summed E-state index contributed by atoms with van der Waals surface area (Å²) in [5.74, 6) is 4.75. The summed E-state index contributed by atoms with van der Waals surface area (Å²) in [7, 11) is 0. The minimum atomic E-state index is 0.892. The van der Waals surface area contributed by atoms with Crippen molar-refractivity contribution in [2.75, 3.05) is 0 Å². The third kappa shape index (κ3) is 4.57. The van der Waals surface area contributed by atoms with Crippen molar-refractivity contribution in [1.29, 1.82) is 0 Å². The molecular weight excluding hydrogens is 180 g/mol. The number of hydrogen-bond acceptors (Lipinski definition) is 0. The molecule has 0 aliphatic heterocycles. The van der Waals surface area contributed by atoms with E-state index >= 15 is 0 Å². The van der Waals surface area contributed by atoms with Crippen LogP contribution in [0.2, 0.25) is 0 Å². The van der Waals surface area contributed by atoms with Crippen molar-refractivity contribution in [3.63, 3.8) is 0 Å². The first-order chi connectivity index (χ1) is 7.02. The third-order valence-corrected chi connectivity index (χ3v) is 4.08. The molecule has 0 spiro atoms. The molecule has 0 aromatic heterocycles. The minimum absolute atomic E-state index is 0.892. The first-order valence-electron chi connectivity index (χ1n) is 7.02. The first kappa shape index (κ1) is 15.0. The average molecular weight is 212 g/mol. The third-order valence-electron chi connectivity index (χ3n) is 4.08. The second-order valence-electron chi connectivity index (χ2n) is 5.70. The second kappa shape index (κ2) is 7.30. The van der Waals surface area contributed by atoms with Crippen molar-refractivity contribution in [2.45, 2.75) is 67.7 Å². The fourth-order valence-corrected chi connectivity index (χ4v) is 3.06. The van der Waals surface area contributed by atoms with Crippen molar-refractivity contribution < 1.29 is 0 Å². The van der Waals surface area contributed by atoms with Gasteiger partial charge in [-0.1, -0.05) is 48.5 Å². The van der Waals surface area contributed by atoms with E-state index in [1.165, 1.54) is 19.3 Å². The van der Waals surface area contributed by atoms with Gasteiger partial charge in [0.25, 0.3) is 0 Å². The standard InChI is InChI=1S/C13H26.C2H6/c1-9(2)12-6-7-13(10(3)4)11(5)8-12;1-2/h9-13H,6-8H2,1-5H3;1-2H3. The zero-order valence-electron chi connectivity index (χ0n) is 12.0. The molecule has 0 radical (unpaired) electrons. The van der Waals surface area contributed by atoms with Crippen LogP contribution in [-0.2, 0) is 0 Å². The van der Waals surface area contributed by atoms with Gasteiger partial charge in [0, 0.05) is 0 Å². The molecule has 0 aromatic carbocycles. The molecule has 1 fully saturated rings. The van der Waals surface area contributed by atoms with Crippen LogP contribution in [0.3, 0.4) is 0 Å². The Morgan fingerprint density at radius 1 is 0.867 bits per heavy atom. The molecule has 1 saturated carbocycles. The largest absolute Gasteiger partial charge is 0.0683 e. The zero-order chi connectivity index (χ0) is 12.0. The highest BCUT2D eigenvalue weighted by atomic mass is 14.4. The monoisotopic (exact) mass is 212 g/mol. The Morgan fingerprint density at radius 3 is 1.73 bits per heavy atom. The molecule has 0 saturated heterocycles. The lowest BCUT2D eigenvalue weighted by Crippen LogP contribution is -2.28. The molecule has 1 aliphatic rings. The number of rotatable bonds is 2. The molecule has 0 amide bonds. The molecule has 92 valence electrons. The van der Waals surface area contributed by atoms with Gasteiger partial charge in [0.1, 0.15) is 0 Å². The molecule has 0 aromatic rings. The SMILES string of the molecule is CC.CC(C)C1CCC(C(C)C)C(C)C1. The van der Waals surface area contributed by atoms with E-state index in [9.17, 15) is 0 Å². The molecule has 0 heteroatoms. The highest BCUT2D eigenvalue weighted by molar-refractivity contribution is 4.80. The van der Waals surface area contributed by atoms with Crippen LogP contribution in [0.15, 0.2) is 0 Å². The van der Waals surface area contributed by atoms with Crippen LogP contribution in [0.4, 0.5) is 0 Å². The summed E-state index contributed by atoms with van der Waals surface area (Å²) in [6.45, 7) is 16.0. The van der Waals surface area contributed by atoms with Gasteiger partial charge in [-0.2, -0.15) is 0 Å². The maximum absolute atomic E-state index is 2.46. The van der Waals surface area contributed by atoms with Gasteiger partial charge in [0.15, 0.2) is 0 Å². The molecule has 15 heavy (non-hydrogen) atoms. The molecule has 0 bridgehead atoms. The average Bonchev–Trinajstić information content (AvgIpc) is 2.20. The highest BCUT2D eigenvalue weighted by Crippen LogP contribution is 2.40. The molecule has 1 aliphatic carbocycles. The van der Waals surface area contributed by atoms with E-state index in [0.29, 0.717) is 0 Å². The predicted octanol–water partition coefficient (Wildman–Crippen LogP) is 5.38. The summed E-state index contributed by atoms with van der Waals surface area (Å²) < 4.78 is 0. The Balaban J connectivity index is 0.000000921. The van der Waals surface area contributed by atoms with E-state index in [2.05, 4.69) is 34.6 Å². The quantitative estimate of drug-likeness (QED) is 0.576. The van der Waals surface area contributed by atoms with Crippen LogP contribution in [0.25, 0.3) is 0 Å². The van der Waals surface area contributed by atoms with Gasteiger partial charge in [-0.15, -0.1) is 0 Å². The Hall–Kier alpha value is 0. The maximum atomic E-state index is 2.46. The van der Waals surface area contributed by atoms with Gasteiger partial charge in [0.2, 0.25) is 0 Å². The lowest BCUT2D eigenvalue weighted by molar-refractivity contribution is 0.126. The molecule has 0 heterocycles. The summed E-state index contributed by atoms with van der Waals surface area (Å²) >= 11 is 0. The number of hydrogen-bond donors (Lipinski definition) is 0. The van der Waals surface area contributed by atoms with Crippen LogP contribution >= 0.6 is 0 Å². The summed E-state index contributed by atoms with van der Waals surface area (Å²) in [6.07, 6.45) is 4.42. The van der Waals surface area contributed by atoms with Crippen LogP contribution in [-0.4, -0.2) is 0 Å². The van der Waals surface area contributed by atoms with E-state index < -0.39 is 0 Å². The van der Waals surface area contributed by atoms with E-state index in [4.69, 9.17) is 0 Å². The van der Waals surface area contributed by atoms with Gasteiger partial charge in [-0.3, -0.25) is 0 Å². The van der Waals surface area contributed by atoms with E-state index in [-0.39, 0.29) is 0 Å². The molecular formula is C15H32. The Bertz CT molecular complexity index is 146. The topological polar surface area (TPSA) is 0 Å². The van der Waals surface area contributed by atoms with E-state index in [1.54, 1.807) is 0 Å². The fourth-order valence-electron chi connectivity index (χ4n) is 3.06. The zero-order valence-corrected chi connectivity index (χ0v) is 12.0. The summed E-state index contributed by atoms with van der Waals surface area (Å²) in [5, 5.41) is 0.